The fourth-order valence-corrected chi connectivity index (χ4v) is 4.43. The first kappa shape index (κ1) is 27.6. The highest BCUT2D eigenvalue weighted by Crippen LogP contribution is 2.23. The third kappa shape index (κ3) is 6.97. The Bertz CT molecular complexity index is 1550. The number of fused-ring (bicyclic) bond motifs is 1. The summed E-state index contributed by atoms with van der Waals surface area (Å²) < 4.78 is 13.1. The van der Waals surface area contributed by atoms with E-state index in [4.69, 9.17) is 9.47 Å². The average Bonchev–Trinajstić information content (AvgIpc) is 3.28. The number of imidazole rings is 1. The van der Waals surface area contributed by atoms with Gasteiger partial charge < -0.3 is 34.5 Å². The van der Waals surface area contributed by atoms with Crippen LogP contribution in [0.25, 0.3) is 11.0 Å². The third-order valence-corrected chi connectivity index (χ3v) is 6.64. The average molecular weight is 560 g/mol. The summed E-state index contributed by atoms with van der Waals surface area (Å²) in [7, 11) is 0. The molecule has 41 heavy (non-hydrogen) atoms. The van der Waals surface area contributed by atoms with Crippen LogP contribution in [0, 0.1) is 0 Å². The Balaban J connectivity index is 1.30. The summed E-state index contributed by atoms with van der Waals surface area (Å²) >= 11 is 0. The molecule has 12 heteroatoms. The molecule has 0 aliphatic carbocycles. The van der Waals surface area contributed by atoms with E-state index in [-0.39, 0.29) is 24.8 Å². The van der Waals surface area contributed by atoms with E-state index < -0.39 is 24.4 Å². The Labute approximate surface area is 235 Å². The maximum atomic E-state index is 13.2. The van der Waals surface area contributed by atoms with Gasteiger partial charge in [0.2, 0.25) is 11.8 Å². The summed E-state index contributed by atoms with van der Waals surface area (Å²) in [5, 5.41) is 21.9. The molecule has 12 nitrogen and oxygen atoms in total. The predicted octanol–water partition coefficient (Wildman–Crippen LogP) is 3.02. The fourth-order valence-electron chi connectivity index (χ4n) is 4.43. The van der Waals surface area contributed by atoms with Gasteiger partial charge in [0.1, 0.15) is 24.8 Å². The van der Waals surface area contributed by atoms with E-state index in [0.29, 0.717) is 48.3 Å². The van der Waals surface area contributed by atoms with Crippen molar-refractivity contribution in [3.63, 3.8) is 0 Å². The molecule has 1 aliphatic rings. The zero-order chi connectivity index (χ0) is 28.8. The molecule has 5 rings (SSSR count). The molecule has 212 valence electrons. The Hall–Kier alpha value is -4.97. The van der Waals surface area contributed by atoms with Gasteiger partial charge in [0.25, 0.3) is 0 Å². The van der Waals surface area contributed by atoms with Crippen LogP contribution < -0.4 is 10.1 Å². The molecule has 0 spiro atoms. The molecule has 0 saturated carbocycles. The van der Waals surface area contributed by atoms with Crippen LogP contribution in [0.1, 0.15) is 28.2 Å². The lowest BCUT2D eigenvalue weighted by molar-refractivity contribution is -0.144. The zero-order valence-corrected chi connectivity index (χ0v) is 22.1. The van der Waals surface area contributed by atoms with Crippen LogP contribution in [-0.2, 0) is 34.0 Å². The monoisotopic (exact) mass is 559 g/mol. The van der Waals surface area contributed by atoms with Crippen LogP contribution in [0.3, 0.4) is 0 Å². The van der Waals surface area contributed by atoms with Crippen LogP contribution in [-0.4, -0.2) is 73.3 Å². The van der Waals surface area contributed by atoms with Gasteiger partial charge in [-0.15, -0.1) is 0 Å². The summed E-state index contributed by atoms with van der Waals surface area (Å²) in [6.45, 7) is 0.528. The van der Waals surface area contributed by atoms with Crippen LogP contribution in [0.2, 0.25) is 0 Å². The molecule has 1 aliphatic heterocycles. The standard InChI is InChI=1S/C29H29N5O7/c35-27(14-30-24-7-4-8-26(32-24)41-18-19-5-2-1-3-6-19)33(17-28(36)37)16-25-31-22-10-9-20(29(38)39)13-23(22)34(25)15-21-11-12-40-21/h1-10,13,21H,11-12,14-18H2,(H,30,32)(H,36,37)(H,38,39). The number of carboxylic acid groups (broad SMARTS) is 2. The smallest absolute Gasteiger partial charge is 0.335 e. The molecule has 1 saturated heterocycles. The van der Waals surface area contributed by atoms with Crippen molar-refractivity contribution in [3.8, 4) is 5.88 Å². The zero-order valence-electron chi connectivity index (χ0n) is 22.1. The Morgan fingerprint density at radius 2 is 1.85 bits per heavy atom. The molecule has 1 amide bonds. The first-order chi connectivity index (χ1) is 19.9. The Morgan fingerprint density at radius 3 is 2.56 bits per heavy atom. The lowest BCUT2D eigenvalue weighted by Crippen LogP contribution is -2.40. The first-order valence-corrected chi connectivity index (χ1v) is 13.1. The molecule has 2 aromatic carbocycles. The quantitative estimate of drug-likeness (QED) is 0.222. The molecule has 3 heterocycles. The molecule has 4 aromatic rings. The van der Waals surface area contributed by atoms with Crippen molar-refractivity contribution >= 4 is 34.7 Å². The maximum Gasteiger partial charge on any atom is 0.335 e. The van der Waals surface area contributed by atoms with Crippen molar-refractivity contribution in [2.45, 2.75) is 32.2 Å². The number of carbonyl (C=O) groups excluding carboxylic acids is 1. The minimum absolute atomic E-state index is 0.0765. The van der Waals surface area contributed by atoms with Gasteiger partial charge in [-0.1, -0.05) is 36.4 Å². The Kier molecular flexibility index (Phi) is 8.39. The number of hydrogen-bond donors (Lipinski definition) is 3. The lowest BCUT2D eigenvalue weighted by Gasteiger charge is -2.28. The number of carboxylic acids is 2. The number of anilines is 1. The molecular weight excluding hydrogens is 530 g/mol. The number of amides is 1. The van der Waals surface area contributed by atoms with Gasteiger partial charge in [0.05, 0.1) is 42.3 Å². The highest BCUT2D eigenvalue weighted by molar-refractivity contribution is 5.92. The van der Waals surface area contributed by atoms with Gasteiger partial charge in [-0.2, -0.15) is 4.98 Å². The number of hydrogen-bond acceptors (Lipinski definition) is 8. The topological polar surface area (TPSA) is 156 Å². The number of carbonyl (C=O) groups is 3. The highest BCUT2D eigenvalue weighted by Gasteiger charge is 2.25. The molecule has 3 N–H and O–H groups in total. The van der Waals surface area contributed by atoms with Crippen molar-refractivity contribution in [1.29, 1.82) is 0 Å². The number of nitrogens with zero attached hydrogens (tertiary/aromatic N) is 4. The molecule has 0 bridgehead atoms. The molecular formula is C29H29N5O7. The molecule has 1 atom stereocenters. The maximum absolute atomic E-state index is 13.2. The van der Waals surface area contributed by atoms with E-state index in [0.717, 1.165) is 12.0 Å². The number of aromatic carboxylic acids is 1. The summed E-state index contributed by atoms with van der Waals surface area (Å²) in [6, 6.07) is 19.4. The number of nitrogens with one attached hydrogen (secondary N) is 1. The molecule has 2 aromatic heterocycles. The largest absolute Gasteiger partial charge is 0.480 e. The second-order valence-electron chi connectivity index (χ2n) is 9.56. The van der Waals surface area contributed by atoms with Crippen molar-refractivity contribution in [2.75, 3.05) is 25.0 Å². The fraction of sp³-hybridized carbons (Fsp3) is 0.276. The second kappa shape index (κ2) is 12.5. The normalized spacial score (nSPS) is 14.3. The highest BCUT2D eigenvalue weighted by atomic mass is 16.5. The Morgan fingerprint density at radius 1 is 1.05 bits per heavy atom. The number of rotatable bonds is 13. The summed E-state index contributed by atoms with van der Waals surface area (Å²) in [5.74, 6) is -1.52. The molecule has 1 fully saturated rings. The van der Waals surface area contributed by atoms with E-state index in [9.17, 15) is 24.6 Å². The van der Waals surface area contributed by atoms with Crippen molar-refractivity contribution in [1.82, 2.24) is 19.4 Å². The van der Waals surface area contributed by atoms with E-state index in [1.54, 1.807) is 28.8 Å². The van der Waals surface area contributed by atoms with E-state index in [2.05, 4.69) is 15.3 Å². The van der Waals surface area contributed by atoms with E-state index in [1.165, 1.54) is 17.0 Å². The number of ether oxygens (including phenoxy) is 2. The van der Waals surface area contributed by atoms with Gasteiger partial charge >= 0.3 is 11.9 Å². The minimum atomic E-state index is -1.18. The number of aromatic nitrogens is 3. The second-order valence-corrected chi connectivity index (χ2v) is 9.56. The number of pyridine rings is 1. The van der Waals surface area contributed by atoms with Crippen molar-refractivity contribution in [3.05, 3.63) is 83.7 Å². The number of aliphatic carboxylic acids is 1. The molecule has 1 unspecified atom stereocenters. The van der Waals surface area contributed by atoms with Gasteiger partial charge in [-0.25, -0.2) is 9.78 Å². The van der Waals surface area contributed by atoms with Gasteiger partial charge in [-0.3, -0.25) is 9.59 Å². The summed E-state index contributed by atoms with van der Waals surface area (Å²) in [6.07, 6.45) is 0.757. The van der Waals surface area contributed by atoms with Crippen LogP contribution >= 0.6 is 0 Å². The third-order valence-electron chi connectivity index (χ3n) is 6.64. The minimum Gasteiger partial charge on any atom is -0.480 e. The van der Waals surface area contributed by atoms with Crippen LogP contribution in [0.15, 0.2) is 66.7 Å². The van der Waals surface area contributed by atoms with Gasteiger partial charge in [0, 0.05) is 12.7 Å². The van der Waals surface area contributed by atoms with Crippen LogP contribution in [0.4, 0.5) is 5.82 Å². The molecule has 0 radical (unpaired) electrons. The first-order valence-electron chi connectivity index (χ1n) is 13.1. The van der Waals surface area contributed by atoms with Crippen molar-refractivity contribution < 1.29 is 34.1 Å². The summed E-state index contributed by atoms with van der Waals surface area (Å²) in [5.41, 5.74) is 2.21. The van der Waals surface area contributed by atoms with E-state index >= 15 is 0 Å². The number of benzene rings is 2. The predicted molar refractivity (Wildman–Crippen MR) is 148 cm³/mol. The van der Waals surface area contributed by atoms with Crippen molar-refractivity contribution in [2.24, 2.45) is 0 Å². The van der Waals surface area contributed by atoms with Gasteiger partial charge in [0.15, 0.2) is 0 Å². The van der Waals surface area contributed by atoms with E-state index in [1.807, 2.05) is 30.3 Å². The summed E-state index contributed by atoms with van der Waals surface area (Å²) in [4.78, 5) is 46.6. The SMILES string of the molecule is O=C(O)CN(Cc1nc2ccc(C(=O)O)cc2n1CC1CCO1)C(=O)CNc1cccc(OCc2ccccc2)n1. The van der Waals surface area contributed by atoms with Gasteiger partial charge in [-0.05, 0) is 36.2 Å². The van der Waals surface area contributed by atoms with Crippen LogP contribution in [0.5, 0.6) is 5.88 Å². The lowest BCUT2D eigenvalue weighted by atomic mass is 10.1.